The van der Waals surface area contributed by atoms with Crippen molar-refractivity contribution >= 4 is 31.8 Å². The van der Waals surface area contributed by atoms with Gasteiger partial charge in [0.2, 0.25) is 5.91 Å². The third-order valence-corrected chi connectivity index (χ3v) is 5.09. The highest BCUT2D eigenvalue weighted by atomic mass is 32.2. The molecule has 0 atom stereocenters. The highest BCUT2D eigenvalue weighted by molar-refractivity contribution is 7.87. The van der Waals surface area contributed by atoms with Gasteiger partial charge in [-0.05, 0) is 30.3 Å². The van der Waals surface area contributed by atoms with Gasteiger partial charge in [0.15, 0.2) is 5.75 Å². The molecule has 11 heteroatoms. The highest BCUT2D eigenvalue weighted by Crippen LogP contribution is 2.30. The molecule has 0 fully saturated rings. The van der Waals surface area contributed by atoms with Crippen molar-refractivity contribution in [2.24, 2.45) is 0 Å². The molecule has 0 bridgehead atoms. The van der Waals surface area contributed by atoms with Crippen molar-refractivity contribution in [3.05, 3.63) is 48.5 Å². The van der Waals surface area contributed by atoms with E-state index < -0.39 is 37.5 Å². The Hall–Kier alpha value is -2.94. The first-order valence-corrected chi connectivity index (χ1v) is 9.76. The van der Waals surface area contributed by atoms with Crippen LogP contribution >= 0.6 is 0 Å². The largest absolute Gasteiger partial charge is 0.377 e. The van der Waals surface area contributed by atoms with Gasteiger partial charge in [0.05, 0.1) is 16.7 Å². The average Bonchev–Trinajstić information content (AvgIpc) is 2.56. The Labute approximate surface area is 149 Å². The Morgan fingerprint density at radius 1 is 1.08 bits per heavy atom. The van der Waals surface area contributed by atoms with Crippen molar-refractivity contribution in [1.82, 2.24) is 0 Å². The fourth-order valence-corrected chi connectivity index (χ4v) is 3.33. The Morgan fingerprint density at radius 2 is 1.73 bits per heavy atom. The number of nitriles is 1. The Bertz CT molecular complexity index is 1070. The van der Waals surface area contributed by atoms with E-state index in [-0.39, 0.29) is 16.3 Å². The summed E-state index contributed by atoms with van der Waals surface area (Å²) in [5, 5.41) is 10.7. The molecular formula is C15H12N2O7S2. The number of nitrogens with zero attached hydrogens (tertiary/aromatic N) is 1. The van der Waals surface area contributed by atoms with Crippen molar-refractivity contribution in [2.75, 3.05) is 5.32 Å². The molecule has 2 rings (SSSR count). The molecule has 0 aliphatic heterocycles. The Kier molecular flexibility index (Phi) is 5.61. The van der Waals surface area contributed by atoms with Crippen LogP contribution in [0.3, 0.4) is 0 Å². The number of rotatable bonds is 6. The smallest absolute Gasteiger partial charge is 0.339 e. The summed E-state index contributed by atoms with van der Waals surface area (Å²) in [4.78, 5) is 10.9. The number of carbonyl (C=O) groups excluding carboxylic acids is 1. The van der Waals surface area contributed by atoms with E-state index in [0.29, 0.717) is 0 Å². The number of amides is 1. The second kappa shape index (κ2) is 7.52. The summed E-state index contributed by atoms with van der Waals surface area (Å²) in [6.07, 6.45) is -0.555. The molecule has 0 saturated carbocycles. The van der Waals surface area contributed by atoms with Crippen LogP contribution in [0.5, 0.6) is 5.75 Å². The van der Waals surface area contributed by atoms with Gasteiger partial charge in [-0.3, -0.25) is 9.35 Å². The first kappa shape index (κ1) is 19.4. The zero-order chi connectivity index (χ0) is 19.4. The first-order valence-electron chi connectivity index (χ1n) is 6.91. The molecule has 0 radical (unpaired) electrons. The number of hydrogen-bond donors (Lipinski definition) is 2. The van der Waals surface area contributed by atoms with Crippen molar-refractivity contribution in [2.45, 2.75) is 16.2 Å². The van der Waals surface area contributed by atoms with Gasteiger partial charge < -0.3 is 9.50 Å². The number of benzene rings is 2. The quantitative estimate of drug-likeness (QED) is 0.551. The van der Waals surface area contributed by atoms with E-state index in [1.807, 2.05) is 0 Å². The predicted molar refractivity (Wildman–Crippen MR) is 89.4 cm³/mol. The first-order chi connectivity index (χ1) is 12.1. The number of nitrogens with one attached hydrogen (secondary N) is 1. The average molecular weight is 396 g/mol. The molecule has 26 heavy (non-hydrogen) atoms. The number of anilines is 1. The molecule has 1 amide bonds. The summed E-state index contributed by atoms with van der Waals surface area (Å²) in [5.74, 6) is -1.20. The molecule has 9 nitrogen and oxygen atoms in total. The van der Waals surface area contributed by atoms with E-state index in [2.05, 4.69) is 5.32 Å². The minimum absolute atomic E-state index is 0.159. The molecule has 2 aromatic carbocycles. The van der Waals surface area contributed by atoms with Crippen molar-refractivity contribution in [3.63, 3.8) is 0 Å². The van der Waals surface area contributed by atoms with Crippen LogP contribution in [0.1, 0.15) is 6.42 Å². The summed E-state index contributed by atoms with van der Waals surface area (Å²) in [6.45, 7) is 0. The normalized spacial score (nSPS) is 11.4. The van der Waals surface area contributed by atoms with Crippen molar-refractivity contribution in [3.8, 4) is 11.8 Å². The van der Waals surface area contributed by atoms with E-state index >= 15 is 0 Å². The zero-order valence-corrected chi connectivity index (χ0v) is 14.6. The van der Waals surface area contributed by atoms with Gasteiger partial charge in [-0.1, -0.05) is 18.2 Å². The van der Waals surface area contributed by atoms with Crippen LogP contribution in [0, 0.1) is 11.3 Å². The van der Waals surface area contributed by atoms with Crippen LogP contribution in [0.25, 0.3) is 0 Å². The van der Waals surface area contributed by atoms with Gasteiger partial charge in [0, 0.05) is 0 Å². The Morgan fingerprint density at radius 3 is 2.31 bits per heavy atom. The van der Waals surface area contributed by atoms with Gasteiger partial charge in [0.1, 0.15) is 11.3 Å². The molecule has 0 heterocycles. The number of carbonyl (C=O) groups is 1. The maximum absolute atomic E-state index is 12.3. The lowest BCUT2D eigenvalue weighted by Crippen LogP contribution is -2.15. The van der Waals surface area contributed by atoms with Gasteiger partial charge in [-0.15, -0.1) is 0 Å². The van der Waals surface area contributed by atoms with Gasteiger partial charge in [-0.25, -0.2) is 0 Å². The summed E-state index contributed by atoms with van der Waals surface area (Å²) in [7, 11) is -8.87. The lowest BCUT2D eigenvalue weighted by atomic mass is 10.3. The van der Waals surface area contributed by atoms with E-state index in [0.717, 1.165) is 18.2 Å². The maximum atomic E-state index is 12.3. The molecule has 0 aliphatic rings. The second-order valence-electron chi connectivity index (χ2n) is 4.87. The molecule has 0 unspecified atom stereocenters. The van der Waals surface area contributed by atoms with Crippen molar-refractivity contribution < 1.29 is 30.4 Å². The molecule has 0 saturated heterocycles. The molecule has 2 N–H and O–H groups in total. The van der Waals surface area contributed by atoms with Crippen LogP contribution in [0.2, 0.25) is 0 Å². The summed E-state index contributed by atoms with van der Waals surface area (Å²) in [5.41, 5.74) is -0.333. The highest BCUT2D eigenvalue weighted by Gasteiger charge is 2.21. The molecule has 0 spiro atoms. The second-order valence-corrected chi connectivity index (χ2v) is 7.83. The van der Waals surface area contributed by atoms with E-state index in [9.17, 15) is 21.6 Å². The fourth-order valence-electron chi connectivity index (χ4n) is 1.86. The fraction of sp³-hybridized carbons (Fsp3) is 0.0667. The van der Waals surface area contributed by atoms with Crippen LogP contribution in [-0.2, 0) is 25.0 Å². The van der Waals surface area contributed by atoms with Crippen LogP contribution in [-0.4, -0.2) is 27.3 Å². The third-order valence-electron chi connectivity index (χ3n) is 2.99. The van der Waals surface area contributed by atoms with E-state index in [1.54, 1.807) is 12.1 Å². The van der Waals surface area contributed by atoms with Crippen LogP contribution in [0.15, 0.2) is 58.3 Å². The molecule has 2 aromatic rings. The standard InChI is InChI=1S/C15H12N2O7S2/c16-9-8-15(18)17-13-10-12(25(19,20)21)6-7-14(13)24-26(22,23)11-4-2-1-3-5-11/h1-7,10H,8H2,(H,17,18)(H,19,20,21). The lowest BCUT2D eigenvalue weighted by Gasteiger charge is -2.13. The monoisotopic (exact) mass is 396 g/mol. The molecule has 136 valence electrons. The predicted octanol–water partition coefficient (Wildman–Crippen LogP) is 1.55. The van der Waals surface area contributed by atoms with E-state index in [4.69, 9.17) is 14.0 Å². The minimum Gasteiger partial charge on any atom is -0.377 e. The minimum atomic E-state index is -4.61. The number of hydrogen-bond acceptors (Lipinski definition) is 7. The Balaban J connectivity index is 2.47. The van der Waals surface area contributed by atoms with Gasteiger partial charge in [0.25, 0.3) is 10.1 Å². The van der Waals surface area contributed by atoms with Crippen molar-refractivity contribution in [1.29, 1.82) is 5.26 Å². The topological polar surface area (TPSA) is 151 Å². The van der Waals surface area contributed by atoms with Gasteiger partial charge >= 0.3 is 10.1 Å². The summed E-state index contributed by atoms with van der Waals surface area (Å²) in [6, 6.07) is 11.4. The van der Waals surface area contributed by atoms with Gasteiger partial charge in [-0.2, -0.15) is 22.1 Å². The molecule has 0 aromatic heterocycles. The molecule has 0 aliphatic carbocycles. The molecular weight excluding hydrogens is 384 g/mol. The van der Waals surface area contributed by atoms with Crippen LogP contribution < -0.4 is 9.50 Å². The SMILES string of the molecule is N#CCC(=O)Nc1cc(S(=O)(=O)O)ccc1OS(=O)(=O)c1ccccc1. The summed E-state index contributed by atoms with van der Waals surface area (Å²) >= 11 is 0. The zero-order valence-electron chi connectivity index (χ0n) is 13.0. The lowest BCUT2D eigenvalue weighted by molar-refractivity contribution is -0.115. The summed E-state index contributed by atoms with van der Waals surface area (Å²) < 4.78 is 61.1. The third kappa shape index (κ3) is 4.79. The maximum Gasteiger partial charge on any atom is 0.339 e. The van der Waals surface area contributed by atoms with Crippen LogP contribution in [0.4, 0.5) is 5.69 Å². The van der Waals surface area contributed by atoms with E-state index in [1.165, 1.54) is 24.3 Å².